The number of aromatic nitrogens is 2. The van der Waals surface area contributed by atoms with Crippen molar-refractivity contribution in [2.45, 2.75) is 58.6 Å². The summed E-state index contributed by atoms with van der Waals surface area (Å²) in [5.74, 6) is -2.04. The molecule has 1 N–H and O–H groups in total. The van der Waals surface area contributed by atoms with E-state index >= 15 is 0 Å². The van der Waals surface area contributed by atoms with Crippen molar-refractivity contribution < 1.29 is 23.9 Å². The molecule has 8 nitrogen and oxygen atoms in total. The Bertz CT molecular complexity index is 1010. The molecule has 0 fully saturated rings. The van der Waals surface area contributed by atoms with Crippen LogP contribution in [-0.4, -0.2) is 39.5 Å². The minimum absolute atomic E-state index is 0.0783. The van der Waals surface area contributed by atoms with E-state index in [1.54, 1.807) is 26.1 Å². The van der Waals surface area contributed by atoms with Gasteiger partial charge in [0.15, 0.2) is 11.6 Å². The van der Waals surface area contributed by atoms with E-state index in [4.69, 9.17) is 4.74 Å². The van der Waals surface area contributed by atoms with E-state index < -0.39 is 29.6 Å². The molecule has 1 amide bonds. The summed E-state index contributed by atoms with van der Waals surface area (Å²) in [7, 11) is 0. The minimum Gasteiger partial charge on any atom is -0.445 e. The first-order valence-corrected chi connectivity index (χ1v) is 11.2. The highest BCUT2D eigenvalue weighted by atomic mass is 16.5. The Labute approximate surface area is 193 Å². The molecule has 3 rings (SSSR count). The zero-order chi connectivity index (χ0) is 23.8. The van der Waals surface area contributed by atoms with Gasteiger partial charge in [-0.15, -0.1) is 0 Å². The van der Waals surface area contributed by atoms with E-state index in [1.165, 1.54) is 0 Å². The molecular formula is C25H29N3O5. The largest absolute Gasteiger partial charge is 0.445 e. The third-order valence-corrected chi connectivity index (χ3v) is 5.62. The minimum atomic E-state index is -0.860. The Hall–Kier alpha value is -3.42. The maximum atomic E-state index is 13.1. The Balaban J connectivity index is 1.68. The molecule has 2 atom stereocenters. The summed E-state index contributed by atoms with van der Waals surface area (Å²) >= 11 is 0. The molecule has 0 radical (unpaired) electrons. The van der Waals surface area contributed by atoms with Gasteiger partial charge in [-0.1, -0.05) is 44.2 Å². The summed E-state index contributed by atoms with van der Waals surface area (Å²) in [4.78, 5) is 59.3. The second-order valence-corrected chi connectivity index (χ2v) is 8.60. The quantitative estimate of drug-likeness (QED) is 0.643. The number of benzene rings is 1. The number of nitrogens with one attached hydrogen (secondary N) is 1. The monoisotopic (exact) mass is 451 g/mol. The van der Waals surface area contributed by atoms with E-state index in [1.807, 2.05) is 30.3 Å². The number of ether oxygens (including phenoxy) is 1. The first kappa shape index (κ1) is 24.2. The van der Waals surface area contributed by atoms with E-state index in [0.717, 1.165) is 11.3 Å². The van der Waals surface area contributed by atoms with Gasteiger partial charge in [-0.2, -0.15) is 0 Å². The number of carbonyl (C=O) groups is 4. The average molecular weight is 452 g/mol. The highest BCUT2D eigenvalue weighted by Gasteiger charge is 2.33. The third kappa shape index (κ3) is 7.03. The summed E-state index contributed by atoms with van der Waals surface area (Å²) in [5.41, 5.74) is 1.64. The summed E-state index contributed by atoms with van der Waals surface area (Å²) in [5, 5.41) is 2.62. The Morgan fingerprint density at radius 2 is 1.88 bits per heavy atom. The van der Waals surface area contributed by atoms with Gasteiger partial charge in [0.2, 0.25) is 5.78 Å². The van der Waals surface area contributed by atoms with Gasteiger partial charge in [0, 0.05) is 37.1 Å². The lowest BCUT2D eigenvalue weighted by molar-refractivity contribution is -0.140. The predicted molar refractivity (Wildman–Crippen MR) is 120 cm³/mol. The number of rotatable bonds is 7. The summed E-state index contributed by atoms with van der Waals surface area (Å²) in [6.45, 7) is 3.68. The van der Waals surface area contributed by atoms with E-state index in [2.05, 4.69) is 15.3 Å². The Morgan fingerprint density at radius 1 is 1.12 bits per heavy atom. The van der Waals surface area contributed by atoms with Gasteiger partial charge in [-0.05, 0) is 30.4 Å². The van der Waals surface area contributed by atoms with Gasteiger partial charge < -0.3 is 10.1 Å². The van der Waals surface area contributed by atoms with Gasteiger partial charge in [0.05, 0.1) is 6.04 Å². The molecule has 0 spiro atoms. The zero-order valence-corrected chi connectivity index (χ0v) is 19.0. The molecule has 1 aromatic heterocycles. The van der Waals surface area contributed by atoms with E-state index in [-0.39, 0.29) is 37.6 Å². The molecule has 0 aliphatic carbocycles. The maximum absolute atomic E-state index is 13.1. The number of carbonyl (C=O) groups excluding carboxylic acids is 4. The highest BCUT2D eigenvalue weighted by molar-refractivity contribution is 6.38. The first-order valence-electron chi connectivity index (χ1n) is 11.2. The van der Waals surface area contributed by atoms with Crippen LogP contribution in [0.5, 0.6) is 0 Å². The molecule has 1 aliphatic heterocycles. The zero-order valence-electron chi connectivity index (χ0n) is 19.0. The van der Waals surface area contributed by atoms with Crippen LogP contribution in [0.15, 0.2) is 42.6 Å². The second kappa shape index (κ2) is 11.4. The molecule has 1 aromatic carbocycles. The number of fused-ring (bicyclic) bond motifs is 2. The number of alkyl carbamates (subject to hydrolysis) is 1. The number of hydrogen-bond donors (Lipinski definition) is 1. The van der Waals surface area contributed by atoms with Crippen molar-refractivity contribution in [3.8, 4) is 0 Å². The molecule has 0 saturated heterocycles. The van der Waals surface area contributed by atoms with Crippen molar-refractivity contribution in [3.05, 3.63) is 59.7 Å². The van der Waals surface area contributed by atoms with Crippen LogP contribution in [0.3, 0.4) is 0 Å². The van der Waals surface area contributed by atoms with Crippen LogP contribution < -0.4 is 5.32 Å². The number of hydrogen-bond acceptors (Lipinski definition) is 7. The van der Waals surface area contributed by atoms with Crippen molar-refractivity contribution in [2.24, 2.45) is 11.8 Å². The van der Waals surface area contributed by atoms with E-state index in [9.17, 15) is 19.2 Å². The summed E-state index contributed by atoms with van der Waals surface area (Å²) in [6.07, 6.45) is 2.09. The number of ketones is 3. The van der Waals surface area contributed by atoms with Crippen molar-refractivity contribution in [2.75, 3.05) is 0 Å². The standard InChI is InChI=1S/C25H29N3O5/c1-16(2)23(28-25(32)33-15-17-7-4-3-5-8-17)21(30)13-18-14-22-26-12-11-19(27-22)9-6-10-20(29)24(18)31/h3-5,7-8,11-12,16,18,23H,6,9-10,13-15H2,1-2H3,(H,28,32). The SMILES string of the molecule is CC(C)C(NC(=O)OCc1ccccc1)C(=O)CC1Cc2nccc(n2)CCCC(=O)C1=O. The van der Waals surface area contributed by atoms with Crippen molar-refractivity contribution >= 4 is 23.4 Å². The van der Waals surface area contributed by atoms with Crippen LogP contribution in [-0.2, 0) is 38.6 Å². The lowest BCUT2D eigenvalue weighted by Crippen LogP contribution is -2.46. The van der Waals surface area contributed by atoms with Gasteiger partial charge in [0.1, 0.15) is 12.4 Å². The third-order valence-electron chi connectivity index (χ3n) is 5.62. The lowest BCUT2D eigenvalue weighted by atomic mass is 9.86. The molecule has 1 aliphatic rings. The fourth-order valence-corrected chi connectivity index (χ4v) is 3.82. The van der Waals surface area contributed by atoms with Crippen LogP contribution in [0.2, 0.25) is 0 Å². The fourth-order valence-electron chi connectivity index (χ4n) is 3.82. The van der Waals surface area contributed by atoms with Crippen LogP contribution >= 0.6 is 0 Å². The van der Waals surface area contributed by atoms with Crippen LogP contribution in [0.4, 0.5) is 4.79 Å². The number of Topliss-reactive ketones (excluding diaryl/α,β-unsaturated/α-hetero) is 3. The molecule has 2 aromatic rings. The molecule has 33 heavy (non-hydrogen) atoms. The van der Waals surface area contributed by atoms with Gasteiger partial charge in [-0.3, -0.25) is 14.4 Å². The Kier molecular flexibility index (Phi) is 8.40. The maximum Gasteiger partial charge on any atom is 0.408 e. The molecule has 174 valence electrons. The average Bonchev–Trinajstić information content (AvgIpc) is 2.80. The van der Waals surface area contributed by atoms with Crippen LogP contribution in [0.1, 0.15) is 50.2 Å². The van der Waals surface area contributed by atoms with Crippen molar-refractivity contribution in [1.29, 1.82) is 0 Å². The summed E-state index contributed by atoms with van der Waals surface area (Å²) in [6, 6.07) is 10.1. The topological polar surface area (TPSA) is 115 Å². The molecule has 0 saturated carbocycles. The van der Waals surface area contributed by atoms with Crippen LogP contribution in [0, 0.1) is 11.8 Å². The molecule has 2 unspecified atom stereocenters. The number of aryl methyl sites for hydroxylation is 1. The van der Waals surface area contributed by atoms with Gasteiger partial charge in [0.25, 0.3) is 0 Å². The van der Waals surface area contributed by atoms with Gasteiger partial charge in [-0.25, -0.2) is 14.8 Å². The molecule has 8 heteroatoms. The molecule has 2 heterocycles. The van der Waals surface area contributed by atoms with E-state index in [0.29, 0.717) is 18.7 Å². The highest BCUT2D eigenvalue weighted by Crippen LogP contribution is 2.19. The number of nitrogens with zero attached hydrogens (tertiary/aromatic N) is 2. The first-order chi connectivity index (χ1) is 15.8. The normalized spacial score (nSPS) is 17.4. The molecular weight excluding hydrogens is 422 g/mol. The fraction of sp³-hybridized carbons (Fsp3) is 0.440. The van der Waals surface area contributed by atoms with Crippen LogP contribution in [0.25, 0.3) is 0 Å². The predicted octanol–water partition coefficient (Wildman–Crippen LogP) is 3.02. The number of amides is 1. The second-order valence-electron chi connectivity index (χ2n) is 8.60. The van der Waals surface area contributed by atoms with Crippen molar-refractivity contribution in [3.63, 3.8) is 0 Å². The van der Waals surface area contributed by atoms with Crippen molar-refractivity contribution in [1.82, 2.24) is 15.3 Å². The smallest absolute Gasteiger partial charge is 0.408 e. The Morgan fingerprint density at radius 3 is 2.61 bits per heavy atom. The van der Waals surface area contributed by atoms with Gasteiger partial charge >= 0.3 is 6.09 Å². The summed E-state index contributed by atoms with van der Waals surface area (Å²) < 4.78 is 5.24. The lowest BCUT2D eigenvalue weighted by Gasteiger charge is -2.23. The molecule has 2 bridgehead atoms.